The Morgan fingerprint density at radius 1 is 1.06 bits per heavy atom. The van der Waals surface area contributed by atoms with Crippen LogP contribution in [0.1, 0.15) is 37.8 Å². The van der Waals surface area contributed by atoms with Crippen LogP contribution in [0.15, 0.2) is 65.6 Å². The Kier molecular flexibility index (Phi) is 7.18. The number of aryl methyl sites for hydroxylation is 1. The standard InChI is InChI=1S/C29H35N5O2/c1-21(34-26-12-7-6-11-24(26)25-20-31-32(2)29(36)27(25)34)28(35)30-15-8-16-33-17-13-23(14-18-33)19-22-9-4-3-5-10-22/h3-7,9-12,20-21,23H,8,13-19H2,1-2H3,(H,30,35)/t21-/m1/s1. The highest BCUT2D eigenvalue weighted by molar-refractivity contribution is 6.08. The van der Waals surface area contributed by atoms with Crippen molar-refractivity contribution in [3.05, 3.63) is 76.7 Å². The van der Waals surface area contributed by atoms with Crippen molar-refractivity contribution < 1.29 is 4.79 Å². The van der Waals surface area contributed by atoms with Gasteiger partial charge in [0.15, 0.2) is 0 Å². The molecule has 1 aliphatic heterocycles. The number of benzene rings is 2. The van der Waals surface area contributed by atoms with E-state index in [2.05, 4.69) is 45.6 Å². The lowest BCUT2D eigenvalue weighted by atomic mass is 9.90. The molecule has 0 bridgehead atoms. The van der Waals surface area contributed by atoms with Gasteiger partial charge in [-0.25, -0.2) is 4.68 Å². The SMILES string of the molecule is C[C@H](C(=O)NCCCN1CCC(Cc2ccccc2)CC1)n1c2ccccc2c2cnn(C)c(=O)c21. The maximum Gasteiger partial charge on any atom is 0.291 e. The van der Waals surface area contributed by atoms with Crippen molar-refractivity contribution in [2.24, 2.45) is 13.0 Å². The lowest BCUT2D eigenvalue weighted by Crippen LogP contribution is -2.37. The third-order valence-electron chi connectivity index (χ3n) is 7.60. The van der Waals surface area contributed by atoms with Crippen LogP contribution in [0.25, 0.3) is 21.8 Å². The van der Waals surface area contributed by atoms with Crippen LogP contribution in [0.5, 0.6) is 0 Å². The van der Waals surface area contributed by atoms with E-state index in [0.717, 1.165) is 48.3 Å². The van der Waals surface area contributed by atoms with Gasteiger partial charge in [-0.2, -0.15) is 5.10 Å². The number of para-hydroxylation sites is 1. The first-order valence-corrected chi connectivity index (χ1v) is 13.0. The number of aromatic nitrogens is 3. The number of carbonyl (C=O) groups is 1. The Morgan fingerprint density at radius 2 is 1.78 bits per heavy atom. The molecule has 1 aliphatic rings. The highest BCUT2D eigenvalue weighted by atomic mass is 16.2. The van der Waals surface area contributed by atoms with Crippen molar-refractivity contribution >= 4 is 27.7 Å². The maximum absolute atomic E-state index is 13.1. The molecule has 1 saturated heterocycles. The maximum atomic E-state index is 13.1. The molecule has 5 rings (SSSR count). The number of nitrogens with zero attached hydrogens (tertiary/aromatic N) is 4. The van der Waals surface area contributed by atoms with E-state index in [-0.39, 0.29) is 11.5 Å². The summed E-state index contributed by atoms with van der Waals surface area (Å²) in [6, 6.07) is 18.1. The van der Waals surface area contributed by atoms with Crippen molar-refractivity contribution in [1.82, 2.24) is 24.6 Å². The van der Waals surface area contributed by atoms with Gasteiger partial charge in [-0.15, -0.1) is 0 Å². The van der Waals surface area contributed by atoms with E-state index in [1.165, 1.54) is 29.5 Å². The lowest BCUT2D eigenvalue weighted by Gasteiger charge is -2.32. The molecule has 4 aromatic rings. The number of rotatable bonds is 8. The van der Waals surface area contributed by atoms with Crippen LogP contribution in [0.3, 0.4) is 0 Å². The largest absolute Gasteiger partial charge is 0.354 e. The summed E-state index contributed by atoms with van der Waals surface area (Å²) in [6.07, 6.45) is 6.26. The highest BCUT2D eigenvalue weighted by Gasteiger charge is 2.23. The second-order valence-corrected chi connectivity index (χ2v) is 10.0. The van der Waals surface area contributed by atoms with Crippen molar-refractivity contribution in [3.63, 3.8) is 0 Å². The van der Waals surface area contributed by atoms with E-state index < -0.39 is 6.04 Å². The van der Waals surface area contributed by atoms with Crippen LogP contribution >= 0.6 is 0 Å². The van der Waals surface area contributed by atoms with Crippen LogP contribution in [-0.2, 0) is 18.3 Å². The molecule has 36 heavy (non-hydrogen) atoms. The number of hydrogen-bond acceptors (Lipinski definition) is 4. The number of fused-ring (bicyclic) bond motifs is 3. The van der Waals surface area contributed by atoms with Gasteiger partial charge in [0.25, 0.3) is 5.56 Å². The summed E-state index contributed by atoms with van der Waals surface area (Å²) in [4.78, 5) is 28.6. The Labute approximate surface area is 211 Å². The zero-order chi connectivity index (χ0) is 25.1. The average Bonchev–Trinajstić information content (AvgIpc) is 3.24. The number of amides is 1. The molecule has 2 aromatic carbocycles. The lowest BCUT2D eigenvalue weighted by molar-refractivity contribution is -0.123. The summed E-state index contributed by atoms with van der Waals surface area (Å²) in [5.74, 6) is 0.691. The Morgan fingerprint density at radius 3 is 2.56 bits per heavy atom. The number of nitrogens with one attached hydrogen (secondary N) is 1. The van der Waals surface area contributed by atoms with Gasteiger partial charge in [-0.05, 0) is 69.8 Å². The van der Waals surface area contributed by atoms with Crippen LogP contribution in [0.4, 0.5) is 0 Å². The Hall–Kier alpha value is -3.45. The first-order chi connectivity index (χ1) is 17.5. The minimum Gasteiger partial charge on any atom is -0.354 e. The van der Waals surface area contributed by atoms with Crippen molar-refractivity contribution in [1.29, 1.82) is 0 Å². The van der Waals surface area contributed by atoms with Gasteiger partial charge in [0, 0.05) is 24.4 Å². The number of carbonyl (C=O) groups excluding carboxylic acids is 1. The molecular weight excluding hydrogens is 450 g/mol. The molecule has 0 saturated carbocycles. The predicted molar refractivity (Wildman–Crippen MR) is 144 cm³/mol. The summed E-state index contributed by atoms with van der Waals surface area (Å²) < 4.78 is 3.19. The van der Waals surface area contributed by atoms with E-state index >= 15 is 0 Å². The normalized spacial score (nSPS) is 15.9. The summed E-state index contributed by atoms with van der Waals surface area (Å²) in [5, 5.41) is 9.01. The van der Waals surface area contributed by atoms with Crippen LogP contribution in [0.2, 0.25) is 0 Å². The topological polar surface area (TPSA) is 72.2 Å². The van der Waals surface area contributed by atoms with E-state index in [9.17, 15) is 9.59 Å². The summed E-state index contributed by atoms with van der Waals surface area (Å²) in [5.41, 5.74) is 2.64. The first-order valence-electron chi connectivity index (χ1n) is 13.0. The first kappa shape index (κ1) is 24.3. The quantitative estimate of drug-likeness (QED) is 0.384. The number of piperidine rings is 1. The molecule has 7 heteroatoms. The second kappa shape index (κ2) is 10.7. The van der Waals surface area contributed by atoms with Crippen LogP contribution < -0.4 is 10.9 Å². The van der Waals surface area contributed by atoms with E-state index in [1.54, 1.807) is 13.2 Å². The smallest absolute Gasteiger partial charge is 0.291 e. The monoisotopic (exact) mass is 485 g/mol. The van der Waals surface area contributed by atoms with Crippen LogP contribution in [0, 0.1) is 5.92 Å². The van der Waals surface area contributed by atoms with Gasteiger partial charge in [0.2, 0.25) is 5.91 Å². The fourth-order valence-electron chi connectivity index (χ4n) is 5.53. The highest BCUT2D eigenvalue weighted by Crippen LogP contribution is 2.29. The summed E-state index contributed by atoms with van der Waals surface area (Å²) in [7, 11) is 1.64. The van der Waals surface area contributed by atoms with Gasteiger partial charge in [0.1, 0.15) is 11.6 Å². The van der Waals surface area contributed by atoms with Gasteiger partial charge < -0.3 is 14.8 Å². The molecule has 2 aromatic heterocycles. The molecule has 0 spiro atoms. The zero-order valence-corrected chi connectivity index (χ0v) is 21.2. The zero-order valence-electron chi connectivity index (χ0n) is 21.2. The van der Waals surface area contributed by atoms with Crippen molar-refractivity contribution in [3.8, 4) is 0 Å². The molecule has 188 valence electrons. The molecule has 3 heterocycles. The number of likely N-dealkylation sites (tertiary alicyclic amines) is 1. The fraction of sp³-hybridized carbons (Fsp3) is 0.414. The van der Waals surface area contributed by atoms with Crippen molar-refractivity contribution in [2.75, 3.05) is 26.2 Å². The summed E-state index contributed by atoms with van der Waals surface area (Å²) >= 11 is 0. The number of hydrogen-bond donors (Lipinski definition) is 1. The minimum atomic E-state index is -0.503. The molecule has 1 amide bonds. The van der Waals surface area contributed by atoms with E-state index in [1.807, 2.05) is 35.8 Å². The molecule has 0 radical (unpaired) electrons. The fourth-order valence-corrected chi connectivity index (χ4v) is 5.53. The molecule has 1 N–H and O–H groups in total. The van der Waals surface area contributed by atoms with Gasteiger partial charge in [0.05, 0.1) is 11.7 Å². The minimum absolute atomic E-state index is 0.0712. The molecule has 0 unspecified atom stereocenters. The molecule has 1 fully saturated rings. The Balaban J connectivity index is 1.16. The molecule has 1 atom stereocenters. The predicted octanol–water partition coefficient (Wildman–Crippen LogP) is 3.91. The van der Waals surface area contributed by atoms with Crippen LogP contribution in [-0.4, -0.2) is 51.3 Å². The third-order valence-corrected chi connectivity index (χ3v) is 7.60. The third kappa shape index (κ3) is 4.93. The molecule has 7 nitrogen and oxygen atoms in total. The second-order valence-electron chi connectivity index (χ2n) is 10.0. The van der Waals surface area contributed by atoms with Gasteiger partial charge in [-0.3, -0.25) is 9.59 Å². The molecular formula is C29H35N5O2. The van der Waals surface area contributed by atoms with Gasteiger partial charge in [-0.1, -0.05) is 48.5 Å². The Bertz CT molecular complexity index is 1400. The van der Waals surface area contributed by atoms with Gasteiger partial charge >= 0.3 is 0 Å². The summed E-state index contributed by atoms with van der Waals surface area (Å²) in [6.45, 7) is 5.73. The van der Waals surface area contributed by atoms with Crippen molar-refractivity contribution in [2.45, 2.75) is 38.6 Å². The molecule has 0 aliphatic carbocycles. The van der Waals surface area contributed by atoms with E-state index in [4.69, 9.17) is 0 Å². The average molecular weight is 486 g/mol. The van der Waals surface area contributed by atoms with E-state index in [0.29, 0.717) is 12.1 Å².